The van der Waals surface area contributed by atoms with E-state index in [-0.39, 0.29) is 16.9 Å². The van der Waals surface area contributed by atoms with Crippen LogP contribution in [0.3, 0.4) is 0 Å². The number of carbonyl (C=O) groups is 1. The molecule has 1 aromatic carbocycles. The summed E-state index contributed by atoms with van der Waals surface area (Å²) in [5.41, 5.74) is 3.39. The maximum absolute atomic E-state index is 12.2. The van der Waals surface area contributed by atoms with Crippen LogP contribution in [0, 0.1) is 20.8 Å². The van der Waals surface area contributed by atoms with Gasteiger partial charge >= 0.3 is 0 Å². The molecule has 0 saturated heterocycles. The molecule has 0 aliphatic carbocycles. The van der Waals surface area contributed by atoms with Crippen molar-refractivity contribution in [2.75, 3.05) is 11.9 Å². The average Bonchev–Trinajstić information content (AvgIpc) is 2.45. The maximum atomic E-state index is 12.2. The van der Waals surface area contributed by atoms with Crippen LogP contribution >= 0.6 is 0 Å². The van der Waals surface area contributed by atoms with Crippen molar-refractivity contribution in [3.8, 4) is 5.75 Å². The number of ether oxygens (including phenoxy) is 1. The maximum Gasteiger partial charge on any atom is 0.291 e. The van der Waals surface area contributed by atoms with Crippen LogP contribution in [0.15, 0.2) is 33.7 Å². The normalized spacial score (nSPS) is 10.4. The monoisotopic (exact) mass is 301 g/mol. The summed E-state index contributed by atoms with van der Waals surface area (Å²) in [6.07, 6.45) is 1.16. The van der Waals surface area contributed by atoms with E-state index in [1.807, 2.05) is 32.9 Å². The first-order valence-electron chi connectivity index (χ1n) is 7.07. The van der Waals surface area contributed by atoms with Gasteiger partial charge < -0.3 is 14.5 Å². The number of hydrogen-bond donors (Lipinski definition) is 1. The smallest absolute Gasteiger partial charge is 0.291 e. The highest BCUT2D eigenvalue weighted by atomic mass is 16.5. The summed E-state index contributed by atoms with van der Waals surface area (Å²) in [4.78, 5) is 24.0. The number of amides is 1. The van der Waals surface area contributed by atoms with Crippen molar-refractivity contribution >= 4 is 11.6 Å². The van der Waals surface area contributed by atoms with Gasteiger partial charge in [-0.15, -0.1) is 0 Å². The zero-order valence-electron chi connectivity index (χ0n) is 13.1. The second-order valence-corrected chi connectivity index (χ2v) is 5.13. The van der Waals surface area contributed by atoms with Crippen molar-refractivity contribution in [1.29, 1.82) is 0 Å². The third-order valence-electron chi connectivity index (χ3n) is 3.24. The molecule has 1 heterocycles. The molecule has 0 fully saturated rings. The van der Waals surface area contributed by atoms with Gasteiger partial charge in [0.2, 0.25) is 11.2 Å². The van der Waals surface area contributed by atoms with Gasteiger partial charge in [-0.3, -0.25) is 9.59 Å². The van der Waals surface area contributed by atoms with Gasteiger partial charge in [0, 0.05) is 11.8 Å². The molecule has 1 aromatic heterocycles. The predicted molar refractivity (Wildman–Crippen MR) is 84.8 cm³/mol. The Labute approximate surface area is 128 Å². The number of nitrogens with one attached hydrogen (secondary N) is 1. The molecule has 0 unspecified atom stereocenters. The Morgan fingerprint density at radius 3 is 2.36 bits per heavy atom. The van der Waals surface area contributed by atoms with E-state index >= 15 is 0 Å². The van der Waals surface area contributed by atoms with Crippen LogP contribution < -0.4 is 15.5 Å². The van der Waals surface area contributed by atoms with Crippen LogP contribution in [-0.2, 0) is 0 Å². The lowest BCUT2D eigenvalue weighted by Gasteiger charge is -2.12. The Hall–Kier alpha value is -2.56. The molecule has 1 amide bonds. The van der Waals surface area contributed by atoms with Gasteiger partial charge in [0.15, 0.2) is 5.76 Å². The van der Waals surface area contributed by atoms with E-state index in [1.165, 1.54) is 0 Å². The molecule has 0 bridgehead atoms. The summed E-state index contributed by atoms with van der Waals surface area (Å²) >= 11 is 0. The molecular formula is C17H19NO4. The summed E-state index contributed by atoms with van der Waals surface area (Å²) in [5, 5.41) is 2.79. The molecule has 0 aliphatic rings. The standard InChI is InChI=1S/C17H19NO4/c1-5-21-15-9-22-14(8-13(15)19)17(20)18-16-11(3)6-10(2)7-12(16)4/h6-9H,5H2,1-4H3,(H,18,20). The lowest BCUT2D eigenvalue weighted by Crippen LogP contribution is -2.17. The van der Waals surface area contributed by atoms with Crippen molar-refractivity contribution in [1.82, 2.24) is 0 Å². The molecule has 0 radical (unpaired) electrons. The minimum atomic E-state index is -0.463. The summed E-state index contributed by atoms with van der Waals surface area (Å²) < 4.78 is 10.3. The Morgan fingerprint density at radius 2 is 1.82 bits per heavy atom. The summed E-state index contributed by atoms with van der Waals surface area (Å²) in [7, 11) is 0. The fourth-order valence-electron chi connectivity index (χ4n) is 2.33. The molecule has 0 spiro atoms. The van der Waals surface area contributed by atoms with E-state index in [9.17, 15) is 9.59 Å². The van der Waals surface area contributed by atoms with E-state index in [0.717, 1.165) is 34.7 Å². The van der Waals surface area contributed by atoms with Crippen LogP contribution in [0.5, 0.6) is 5.75 Å². The quantitative estimate of drug-likeness (QED) is 0.941. The van der Waals surface area contributed by atoms with Crippen molar-refractivity contribution in [3.63, 3.8) is 0 Å². The first-order valence-corrected chi connectivity index (χ1v) is 7.07. The van der Waals surface area contributed by atoms with Gasteiger partial charge in [-0.25, -0.2) is 0 Å². The zero-order valence-corrected chi connectivity index (χ0v) is 13.1. The SMILES string of the molecule is CCOc1coc(C(=O)Nc2c(C)cc(C)cc2C)cc1=O. The Bertz CT molecular complexity index is 738. The second kappa shape index (κ2) is 6.47. The third-order valence-corrected chi connectivity index (χ3v) is 3.24. The fraction of sp³-hybridized carbons (Fsp3) is 0.294. The highest BCUT2D eigenvalue weighted by Gasteiger charge is 2.14. The van der Waals surface area contributed by atoms with E-state index in [2.05, 4.69) is 5.32 Å². The average molecular weight is 301 g/mol. The molecule has 2 aromatic rings. The largest absolute Gasteiger partial charge is 0.487 e. The minimum absolute atomic E-state index is 0.0483. The number of aryl methyl sites for hydroxylation is 3. The highest BCUT2D eigenvalue weighted by molar-refractivity contribution is 6.03. The Kier molecular flexibility index (Phi) is 4.65. The van der Waals surface area contributed by atoms with Crippen LogP contribution in [0.1, 0.15) is 34.2 Å². The van der Waals surface area contributed by atoms with E-state index < -0.39 is 5.91 Å². The van der Waals surface area contributed by atoms with Gasteiger partial charge in [0.05, 0.1) is 6.61 Å². The highest BCUT2D eigenvalue weighted by Crippen LogP contribution is 2.22. The lowest BCUT2D eigenvalue weighted by molar-refractivity contribution is 0.0993. The number of anilines is 1. The molecule has 0 aliphatic heterocycles. The van der Waals surface area contributed by atoms with E-state index in [4.69, 9.17) is 9.15 Å². The molecule has 2 rings (SSSR count). The zero-order chi connectivity index (χ0) is 16.3. The topological polar surface area (TPSA) is 68.5 Å². The van der Waals surface area contributed by atoms with Gasteiger partial charge in [-0.2, -0.15) is 0 Å². The molecule has 1 N–H and O–H groups in total. The summed E-state index contributed by atoms with van der Waals surface area (Å²) in [5.74, 6) is -0.412. The number of hydrogen-bond acceptors (Lipinski definition) is 4. The number of carbonyl (C=O) groups excluding carboxylic acids is 1. The van der Waals surface area contributed by atoms with Crippen molar-refractivity contribution in [2.24, 2.45) is 0 Å². The summed E-state index contributed by atoms with van der Waals surface area (Å²) in [6, 6.07) is 5.10. The van der Waals surface area contributed by atoms with Crippen LogP contribution in [0.4, 0.5) is 5.69 Å². The van der Waals surface area contributed by atoms with Gasteiger partial charge in [0.25, 0.3) is 5.91 Å². The van der Waals surface area contributed by atoms with Crippen LogP contribution in [0.2, 0.25) is 0 Å². The molecule has 22 heavy (non-hydrogen) atoms. The number of rotatable bonds is 4. The van der Waals surface area contributed by atoms with Crippen molar-refractivity contribution in [3.05, 3.63) is 57.1 Å². The summed E-state index contributed by atoms with van der Waals surface area (Å²) in [6.45, 7) is 7.96. The molecular weight excluding hydrogens is 282 g/mol. The van der Waals surface area contributed by atoms with Gasteiger partial charge in [-0.1, -0.05) is 17.7 Å². The molecule has 0 saturated carbocycles. The van der Waals surface area contributed by atoms with Crippen LogP contribution in [-0.4, -0.2) is 12.5 Å². The van der Waals surface area contributed by atoms with E-state index in [1.54, 1.807) is 6.92 Å². The number of benzene rings is 1. The fourth-order valence-corrected chi connectivity index (χ4v) is 2.33. The van der Waals surface area contributed by atoms with E-state index in [0.29, 0.717) is 6.61 Å². The van der Waals surface area contributed by atoms with Crippen LogP contribution in [0.25, 0.3) is 0 Å². The third kappa shape index (κ3) is 3.36. The first-order chi connectivity index (χ1) is 10.4. The molecule has 5 nitrogen and oxygen atoms in total. The Balaban J connectivity index is 2.27. The lowest BCUT2D eigenvalue weighted by atomic mass is 10.1. The van der Waals surface area contributed by atoms with Crippen molar-refractivity contribution < 1.29 is 13.9 Å². The molecule has 116 valence electrons. The van der Waals surface area contributed by atoms with Crippen molar-refractivity contribution in [2.45, 2.75) is 27.7 Å². The van der Waals surface area contributed by atoms with Gasteiger partial charge in [-0.05, 0) is 38.8 Å². The predicted octanol–water partition coefficient (Wildman–Crippen LogP) is 3.22. The molecule has 5 heteroatoms. The second-order valence-electron chi connectivity index (χ2n) is 5.13. The Morgan fingerprint density at radius 1 is 1.18 bits per heavy atom. The molecule has 0 atom stereocenters. The first kappa shape index (κ1) is 15.8. The minimum Gasteiger partial charge on any atom is -0.487 e. The van der Waals surface area contributed by atoms with Gasteiger partial charge in [0.1, 0.15) is 6.26 Å².